The minimum atomic E-state index is 0.541. The molecule has 0 saturated carbocycles. The molecule has 1 N–H and O–H groups in total. The molecule has 3 unspecified atom stereocenters. The average molecular weight is 238 g/mol. The van der Waals surface area contributed by atoms with Gasteiger partial charge in [0.1, 0.15) is 0 Å². The van der Waals surface area contributed by atoms with E-state index in [1.165, 1.54) is 51.6 Å². The summed E-state index contributed by atoms with van der Waals surface area (Å²) < 4.78 is 5.80. The Kier molecular flexibility index (Phi) is 3.69. The lowest BCUT2D eigenvalue weighted by Crippen LogP contribution is -2.47. The zero-order valence-corrected chi connectivity index (χ0v) is 11.0. The molecule has 3 nitrogen and oxygen atoms in total. The van der Waals surface area contributed by atoms with Gasteiger partial charge in [-0.1, -0.05) is 0 Å². The number of ether oxygens (including phenoxy) is 1. The van der Waals surface area contributed by atoms with E-state index in [4.69, 9.17) is 4.74 Å². The normalized spacial score (nSPS) is 42.2. The molecule has 0 radical (unpaired) electrons. The largest absolute Gasteiger partial charge is 0.377 e. The van der Waals surface area contributed by atoms with Gasteiger partial charge in [-0.15, -0.1) is 0 Å². The Morgan fingerprint density at radius 2 is 1.94 bits per heavy atom. The molecule has 0 aromatic carbocycles. The van der Waals surface area contributed by atoms with Gasteiger partial charge >= 0.3 is 0 Å². The van der Waals surface area contributed by atoms with E-state index in [-0.39, 0.29) is 0 Å². The number of nitrogens with zero attached hydrogens (tertiary/aromatic N) is 1. The van der Waals surface area contributed by atoms with Crippen molar-refractivity contribution in [2.45, 2.75) is 56.7 Å². The van der Waals surface area contributed by atoms with Crippen molar-refractivity contribution in [1.29, 1.82) is 0 Å². The average Bonchev–Trinajstić information content (AvgIpc) is 2.89. The van der Waals surface area contributed by atoms with Crippen LogP contribution in [-0.2, 0) is 4.74 Å². The SMILES string of the molecule is CNCC1CC2CCC(C1)N2CC1CCCO1. The molecule has 3 aliphatic rings. The summed E-state index contributed by atoms with van der Waals surface area (Å²) in [6.45, 7) is 3.42. The van der Waals surface area contributed by atoms with Crippen LogP contribution in [0, 0.1) is 5.92 Å². The Labute approximate surface area is 105 Å². The summed E-state index contributed by atoms with van der Waals surface area (Å²) in [4.78, 5) is 2.78. The highest BCUT2D eigenvalue weighted by atomic mass is 16.5. The van der Waals surface area contributed by atoms with Crippen LogP contribution in [-0.4, -0.2) is 49.8 Å². The van der Waals surface area contributed by atoms with Crippen LogP contribution in [0.15, 0.2) is 0 Å². The molecular formula is C14H26N2O. The van der Waals surface area contributed by atoms with Crippen LogP contribution in [0.25, 0.3) is 0 Å². The van der Waals surface area contributed by atoms with Crippen molar-refractivity contribution in [3.8, 4) is 0 Å². The van der Waals surface area contributed by atoms with Crippen molar-refractivity contribution in [3.05, 3.63) is 0 Å². The van der Waals surface area contributed by atoms with Gasteiger partial charge in [0.2, 0.25) is 0 Å². The lowest BCUT2D eigenvalue weighted by molar-refractivity contribution is 0.0287. The quantitative estimate of drug-likeness (QED) is 0.805. The fourth-order valence-corrected chi connectivity index (χ4v) is 4.16. The van der Waals surface area contributed by atoms with Crippen molar-refractivity contribution in [1.82, 2.24) is 10.2 Å². The summed E-state index contributed by atoms with van der Waals surface area (Å²) >= 11 is 0. The van der Waals surface area contributed by atoms with Crippen LogP contribution in [0.2, 0.25) is 0 Å². The van der Waals surface area contributed by atoms with Gasteiger partial charge in [-0.2, -0.15) is 0 Å². The van der Waals surface area contributed by atoms with Gasteiger partial charge < -0.3 is 10.1 Å². The standard InChI is InChI=1S/C14H26N2O/c1-15-9-11-7-12-4-5-13(8-11)16(12)10-14-3-2-6-17-14/h11-15H,2-10H2,1H3. The summed E-state index contributed by atoms with van der Waals surface area (Å²) in [5.74, 6) is 0.915. The van der Waals surface area contributed by atoms with Crippen LogP contribution < -0.4 is 5.32 Å². The summed E-state index contributed by atoms with van der Waals surface area (Å²) in [5, 5.41) is 3.35. The third-order valence-corrected chi connectivity index (χ3v) is 4.91. The van der Waals surface area contributed by atoms with Gasteiger partial charge in [0.05, 0.1) is 6.10 Å². The van der Waals surface area contributed by atoms with Crippen LogP contribution in [0.1, 0.15) is 38.5 Å². The second-order valence-corrected chi connectivity index (χ2v) is 6.11. The third kappa shape index (κ3) is 2.51. The molecule has 0 amide bonds. The minimum absolute atomic E-state index is 0.541. The molecule has 3 aliphatic heterocycles. The van der Waals surface area contributed by atoms with Gasteiger partial charge in [-0.25, -0.2) is 0 Å². The van der Waals surface area contributed by atoms with Gasteiger partial charge in [-0.3, -0.25) is 4.90 Å². The van der Waals surface area contributed by atoms with Crippen LogP contribution in [0.4, 0.5) is 0 Å². The molecule has 3 heteroatoms. The highest BCUT2D eigenvalue weighted by Gasteiger charge is 2.41. The zero-order chi connectivity index (χ0) is 11.7. The van der Waals surface area contributed by atoms with E-state index in [1.807, 2.05) is 0 Å². The van der Waals surface area contributed by atoms with E-state index in [1.54, 1.807) is 0 Å². The molecule has 3 atom stereocenters. The Balaban J connectivity index is 1.56. The molecule has 17 heavy (non-hydrogen) atoms. The van der Waals surface area contributed by atoms with Crippen LogP contribution in [0.3, 0.4) is 0 Å². The number of piperidine rings is 1. The molecule has 0 aromatic heterocycles. The van der Waals surface area contributed by atoms with Crippen molar-refractivity contribution in [2.75, 3.05) is 26.7 Å². The fourth-order valence-electron chi connectivity index (χ4n) is 4.16. The first-order chi connectivity index (χ1) is 8.36. The van der Waals surface area contributed by atoms with Crippen molar-refractivity contribution in [3.63, 3.8) is 0 Å². The molecule has 3 rings (SSSR count). The molecule has 3 heterocycles. The minimum Gasteiger partial charge on any atom is -0.377 e. The molecule has 0 aliphatic carbocycles. The maximum absolute atomic E-state index is 5.80. The predicted molar refractivity (Wildman–Crippen MR) is 69.1 cm³/mol. The third-order valence-electron chi connectivity index (χ3n) is 4.91. The first-order valence-electron chi connectivity index (χ1n) is 7.38. The molecule has 2 bridgehead atoms. The topological polar surface area (TPSA) is 24.5 Å². The Morgan fingerprint density at radius 3 is 2.53 bits per heavy atom. The van der Waals surface area contributed by atoms with Crippen molar-refractivity contribution in [2.24, 2.45) is 5.92 Å². The molecule has 98 valence electrons. The first kappa shape index (κ1) is 11.9. The van der Waals surface area contributed by atoms with Gasteiger partial charge in [-0.05, 0) is 58.0 Å². The highest BCUT2D eigenvalue weighted by molar-refractivity contribution is 4.96. The second-order valence-electron chi connectivity index (χ2n) is 6.11. The summed E-state index contributed by atoms with van der Waals surface area (Å²) in [6, 6.07) is 1.72. The smallest absolute Gasteiger partial charge is 0.0703 e. The Bertz CT molecular complexity index is 239. The van der Waals surface area contributed by atoms with Gasteiger partial charge in [0.25, 0.3) is 0 Å². The summed E-state index contributed by atoms with van der Waals surface area (Å²) in [5.41, 5.74) is 0. The summed E-state index contributed by atoms with van der Waals surface area (Å²) in [7, 11) is 2.08. The molecule has 0 spiro atoms. The van der Waals surface area contributed by atoms with Crippen LogP contribution in [0.5, 0.6) is 0 Å². The molecule has 0 aromatic rings. The predicted octanol–water partition coefficient (Wildman–Crippen LogP) is 1.63. The second kappa shape index (κ2) is 5.25. The van der Waals surface area contributed by atoms with Crippen LogP contribution >= 0.6 is 0 Å². The first-order valence-corrected chi connectivity index (χ1v) is 7.38. The Hall–Kier alpha value is -0.120. The number of hydrogen-bond donors (Lipinski definition) is 1. The number of hydrogen-bond acceptors (Lipinski definition) is 3. The lowest BCUT2D eigenvalue weighted by atomic mass is 9.90. The molecule has 3 saturated heterocycles. The lowest BCUT2D eigenvalue weighted by Gasteiger charge is -2.40. The monoisotopic (exact) mass is 238 g/mol. The van der Waals surface area contributed by atoms with E-state index in [0.717, 1.165) is 24.6 Å². The maximum atomic E-state index is 5.80. The van der Waals surface area contributed by atoms with E-state index < -0.39 is 0 Å². The molecular weight excluding hydrogens is 212 g/mol. The van der Waals surface area contributed by atoms with Crippen molar-refractivity contribution < 1.29 is 4.74 Å². The molecule has 3 fully saturated rings. The van der Waals surface area contributed by atoms with Gasteiger partial charge in [0.15, 0.2) is 0 Å². The fraction of sp³-hybridized carbons (Fsp3) is 1.00. The van der Waals surface area contributed by atoms with E-state index in [2.05, 4.69) is 17.3 Å². The summed E-state index contributed by atoms with van der Waals surface area (Å²) in [6.07, 6.45) is 8.77. The number of nitrogens with one attached hydrogen (secondary N) is 1. The van der Waals surface area contributed by atoms with E-state index in [0.29, 0.717) is 6.10 Å². The highest BCUT2D eigenvalue weighted by Crippen LogP contribution is 2.39. The van der Waals surface area contributed by atoms with E-state index >= 15 is 0 Å². The number of rotatable bonds is 4. The zero-order valence-electron chi connectivity index (χ0n) is 11.0. The maximum Gasteiger partial charge on any atom is 0.0703 e. The van der Waals surface area contributed by atoms with Gasteiger partial charge in [0, 0.05) is 25.2 Å². The number of fused-ring (bicyclic) bond motifs is 2. The van der Waals surface area contributed by atoms with Crippen molar-refractivity contribution >= 4 is 0 Å². The Morgan fingerprint density at radius 1 is 1.18 bits per heavy atom. The van der Waals surface area contributed by atoms with E-state index in [9.17, 15) is 0 Å².